The van der Waals surface area contributed by atoms with Crippen molar-refractivity contribution in [1.82, 2.24) is 10.1 Å². The van der Waals surface area contributed by atoms with Crippen molar-refractivity contribution < 1.29 is 4.52 Å². The lowest BCUT2D eigenvalue weighted by Crippen LogP contribution is -1.85. The van der Waals surface area contributed by atoms with E-state index in [0.29, 0.717) is 5.82 Å². The van der Waals surface area contributed by atoms with Crippen molar-refractivity contribution in [3.05, 3.63) is 16.8 Å². The van der Waals surface area contributed by atoms with E-state index in [1.165, 1.54) is 0 Å². The highest BCUT2D eigenvalue weighted by Crippen LogP contribution is 2.30. The molecule has 2 N–H and O–H groups in total. The predicted molar refractivity (Wildman–Crippen MR) is 51.5 cm³/mol. The first-order chi connectivity index (χ1) is 6.18. The number of hydrogen-bond acceptors (Lipinski definition) is 5. The van der Waals surface area contributed by atoms with Gasteiger partial charge in [0.1, 0.15) is 0 Å². The molecule has 0 radical (unpaired) electrons. The number of nitrogens with zero attached hydrogens (tertiary/aromatic N) is 2. The first-order valence-electron chi connectivity index (χ1n) is 3.83. The van der Waals surface area contributed by atoms with E-state index in [1.54, 1.807) is 17.5 Å². The molecule has 0 aliphatic heterocycles. The third-order valence-corrected chi connectivity index (χ3v) is 2.72. The number of aromatic nitrogens is 2. The van der Waals surface area contributed by atoms with Gasteiger partial charge >= 0.3 is 0 Å². The summed E-state index contributed by atoms with van der Waals surface area (Å²) in [7, 11) is 0. The van der Waals surface area contributed by atoms with Crippen LogP contribution in [0.5, 0.6) is 0 Å². The van der Waals surface area contributed by atoms with Gasteiger partial charge in [-0.15, -0.1) is 11.3 Å². The molecule has 0 unspecified atom stereocenters. The van der Waals surface area contributed by atoms with Crippen molar-refractivity contribution in [3.8, 4) is 10.6 Å². The molecule has 0 amide bonds. The standard InChI is InChI=1S/C8H9N3OS/c1-4-7(12-11-8(4)9)6-3-10-5(2)13-6/h3H,1-2H3,(H2,9,11). The van der Waals surface area contributed by atoms with Gasteiger partial charge in [-0.1, -0.05) is 5.16 Å². The van der Waals surface area contributed by atoms with Gasteiger partial charge in [0.15, 0.2) is 11.6 Å². The highest BCUT2D eigenvalue weighted by Gasteiger charge is 2.13. The average molecular weight is 195 g/mol. The number of hydrogen-bond donors (Lipinski definition) is 1. The molecule has 0 bridgehead atoms. The van der Waals surface area contributed by atoms with Crippen LogP contribution in [0.2, 0.25) is 0 Å². The Kier molecular flexibility index (Phi) is 1.81. The maximum atomic E-state index is 5.56. The molecular weight excluding hydrogens is 186 g/mol. The zero-order chi connectivity index (χ0) is 9.42. The van der Waals surface area contributed by atoms with Gasteiger partial charge in [-0.05, 0) is 13.8 Å². The lowest BCUT2D eigenvalue weighted by Gasteiger charge is -1.88. The summed E-state index contributed by atoms with van der Waals surface area (Å²) in [4.78, 5) is 5.10. The second kappa shape index (κ2) is 2.85. The SMILES string of the molecule is Cc1ncc(-c2onc(N)c2C)s1. The van der Waals surface area contributed by atoms with Crippen molar-refractivity contribution in [3.63, 3.8) is 0 Å². The zero-order valence-electron chi connectivity index (χ0n) is 7.37. The highest BCUT2D eigenvalue weighted by atomic mass is 32.1. The summed E-state index contributed by atoms with van der Waals surface area (Å²) in [6.45, 7) is 3.83. The molecule has 0 aliphatic carbocycles. The second-order valence-corrected chi connectivity index (χ2v) is 4.00. The number of aryl methyl sites for hydroxylation is 1. The van der Waals surface area contributed by atoms with Crippen LogP contribution in [-0.2, 0) is 0 Å². The minimum atomic E-state index is 0.445. The van der Waals surface area contributed by atoms with Crippen molar-refractivity contribution in [2.75, 3.05) is 5.73 Å². The quantitative estimate of drug-likeness (QED) is 0.755. The van der Waals surface area contributed by atoms with Crippen molar-refractivity contribution in [1.29, 1.82) is 0 Å². The molecular formula is C8H9N3OS. The van der Waals surface area contributed by atoms with Gasteiger partial charge < -0.3 is 10.3 Å². The Hall–Kier alpha value is -1.36. The van der Waals surface area contributed by atoms with Crippen LogP contribution >= 0.6 is 11.3 Å². The van der Waals surface area contributed by atoms with E-state index in [2.05, 4.69) is 10.1 Å². The third kappa shape index (κ3) is 1.31. The first kappa shape index (κ1) is 8.25. The number of anilines is 1. The van der Waals surface area contributed by atoms with E-state index in [1.807, 2.05) is 13.8 Å². The van der Waals surface area contributed by atoms with Gasteiger partial charge in [-0.3, -0.25) is 0 Å². The van der Waals surface area contributed by atoms with Crippen LogP contribution in [0.15, 0.2) is 10.7 Å². The summed E-state index contributed by atoms with van der Waals surface area (Å²) in [6.07, 6.45) is 1.77. The van der Waals surface area contributed by atoms with E-state index in [4.69, 9.17) is 10.3 Å². The number of nitrogen functional groups attached to an aromatic ring is 1. The molecule has 0 aromatic carbocycles. The largest absolute Gasteiger partial charge is 0.381 e. The Morgan fingerprint density at radius 2 is 2.23 bits per heavy atom. The molecule has 0 fully saturated rings. The smallest absolute Gasteiger partial charge is 0.183 e. The summed E-state index contributed by atoms with van der Waals surface area (Å²) < 4.78 is 5.09. The van der Waals surface area contributed by atoms with E-state index in [9.17, 15) is 0 Å². The van der Waals surface area contributed by atoms with Crippen LogP contribution in [-0.4, -0.2) is 10.1 Å². The van der Waals surface area contributed by atoms with Gasteiger partial charge in [0.25, 0.3) is 0 Å². The van der Waals surface area contributed by atoms with Gasteiger partial charge in [0.05, 0.1) is 9.88 Å². The van der Waals surface area contributed by atoms with Crippen LogP contribution in [0.3, 0.4) is 0 Å². The first-order valence-corrected chi connectivity index (χ1v) is 4.64. The fraction of sp³-hybridized carbons (Fsp3) is 0.250. The zero-order valence-corrected chi connectivity index (χ0v) is 8.18. The Morgan fingerprint density at radius 3 is 2.69 bits per heavy atom. The predicted octanol–water partition coefficient (Wildman–Crippen LogP) is 2.00. The molecule has 2 rings (SSSR count). The van der Waals surface area contributed by atoms with Crippen molar-refractivity contribution >= 4 is 17.2 Å². The van der Waals surface area contributed by atoms with E-state index in [-0.39, 0.29) is 0 Å². The molecule has 5 heteroatoms. The molecule has 0 aliphatic rings. The van der Waals surface area contributed by atoms with E-state index in [0.717, 1.165) is 21.2 Å². The third-order valence-electron chi connectivity index (χ3n) is 1.81. The van der Waals surface area contributed by atoms with Gasteiger partial charge in [-0.25, -0.2) is 4.98 Å². The van der Waals surface area contributed by atoms with Crippen LogP contribution in [0.4, 0.5) is 5.82 Å². The van der Waals surface area contributed by atoms with Crippen molar-refractivity contribution in [2.45, 2.75) is 13.8 Å². The van der Waals surface area contributed by atoms with Gasteiger partial charge in [0, 0.05) is 11.8 Å². The summed E-state index contributed by atoms with van der Waals surface area (Å²) in [5.41, 5.74) is 6.44. The van der Waals surface area contributed by atoms with Crippen molar-refractivity contribution in [2.24, 2.45) is 0 Å². The second-order valence-electron chi connectivity index (χ2n) is 2.77. The van der Waals surface area contributed by atoms with E-state index >= 15 is 0 Å². The Balaban J connectivity index is 2.52. The molecule has 2 aromatic rings. The highest BCUT2D eigenvalue weighted by molar-refractivity contribution is 7.15. The molecule has 0 spiro atoms. The minimum absolute atomic E-state index is 0.445. The number of nitrogens with two attached hydrogens (primary N) is 1. The Bertz CT molecular complexity index is 432. The lowest BCUT2D eigenvalue weighted by atomic mass is 10.2. The topological polar surface area (TPSA) is 64.9 Å². The summed E-state index contributed by atoms with van der Waals surface area (Å²) >= 11 is 1.57. The van der Waals surface area contributed by atoms with Crippen LogP contribution in [0.1, 0.15) is 10.6 Å². The normalized spacial score (nSPS) is 10.6. The van der Waals surface area contributed by atoms with Crippen LogP contribution in [0.25, 0.3) is 10.6 Å². The van der Waals surface area contributed by atoms with E-state index < -0.39 is 0 Å². The monoisotopic (exact) mass is 195 g/mol. The molecule has 2 aromatic heterocycles. The fourth-order valence-electron chi connectivity index (χ4n) is 1.04. The lowest BCUT2D eigenvalue weighted by molar-refractivity contribution is 0.436. The molecule has 2 heterocycles. The minimum Gasteiger partial charge on any atom is -0.381 e. The maximum Gasteiger partial charge on any atom is 0.183 e. The molecule has 68 valence electrons. The summed E-state index contributed by atoms with van der Waals surface area (Å²) in [5.74, 6) is 1.17. The van der Waals surface area contributed by atoms with Gasteiger partial charge in [-0.2, -0.15) is 0 Å². The number of thiazole rings is 1. The fourth-order valence-corrected chi connectivity index (χ4v) is 1.86. The molecule has 0 atom stereocenters. The molecule has 0 saturated heterocycles. The Labute approximate surface area is 79.4 Å². The Morgan fingerprint density at radius 1 is 1.46 bits per heavy atom. The summed E-state index contributed by atoms with van der Waals surface area (Å²) in [6, 6.07) is 0. The molecule has 0 saturated carbocycles. The molecule has 4 nitrogen and oxygen atoms in total. The van der Waals surface area contributed by atoms with Crippen LogP contribution < -0.4 is 5.73 Å². The van der Waals surface area contributed by atoms with Crippen LogP contribution in [0, 0.1) is 13.8 Å². The number of rotatable bonds is 1. The van der Waals surface area contributed by atoms with Gasteiger partial charge in [0.2, 0.25) is 0 Å². The average Bonchev–Trinajstić information content (AvgIpc) is 2.62. The maximum absolute atomic E-state index is 5.56. The molecule has 13 heavy (non-hydrogen) atoms. The summed E-state index contributed by atoms with van der Waals surface area (Å²) in [5, 5.41) is 4.69.